The Balaban J connectivity index is 1.71. The molecule has 4 N–H and O–H groups in total. The molecule has 3 fully saturated rings. The standard InChI is InChI=1S/C55H85NO16/c1-33-17-13-11-12-14-18-40(67-8)29-41-22-20-38(6)55(66,72-41)50(62)51(63)56-24-16-15-19-42(56)52(64)70-45(30-43(59)34(2)26-37(5)48(61)49(69-10)47(60)36(4)25-33)35(3)27-39-21-23-44(46(28-39)68-9)71-53(65)54(7,31-57)32-58/h11-14,17-18,26,33,35-42,44-46,48-49,57-58,61,66H,15-16,19-25,27-32H2,1-10H3/t33-,35-,36-,37?,38-,39+,40-,41+,42+,44-,45+,46-,48-,49+,55-/m1/s1/i9D3. The van der Waals surface area contributed by atoms with Crippen LogP contribution >= 0.6 is 0 Å². The van der Waals surface area contributed by atoms with Crippen molar-refractivity contribution >= 4 is 35.2 Å². The predicted molar refractivity (Wildman–Crippen MR) is 267 cm³/mol. The number of piperidine rings is 1. The van der Waals surface area contributed by atoms with Gasteiger partial charge in [0.25, 0.3) is 11.7 Å². The molecule has 0 spiro atoms. The van der Waals surface area contributed by atoms with E-state index in [0.29, 0.717) is 38.5 Å². The van der Waals surface area contributed by atoms with Crippen molar-refractivity contribution < 1.29 is 81.7 Å². The number of hydrogen-bond donors (Lipinski definition) is 4. The average Bonchev–Trinajstić information content (AvgIpc) is 3.36. The lowest BCUT2D eigenvalue weighted by Crippen LogP contribution is -2.60. The first-order chi connectivity index (χ1) is 35.2. The normalized spacial score (nSPS) is 36.1. The minimum Gasteiger partial charge on any atom is -0.460 e. The van der Waals surface area contributed by atoms with E-state index in [2.05, 4.69) is 0 Å². The van der Waals surface area contributed by atoms with Gasteiger partial charge < -0.3 is 53.7 Å². The molecular weight excluding hydrogens is 931 g/mol. The molecule has 1 aliphatic carbocycles. The first-order valence-electron chi connectivity index (χ1n) is 27.3. The van der Waals surface area contributed by atoms with Crippen LogP contribution < -0.4 is 0 Å². The number of carbonyl (C=O) groups is 6. The summed E-state index contributed by atoms with van der Waals surface area (Å²) in [6.07, 6.45) is 8.68. The molecule has 0 aromatic rings. The molecule has 17 heteroatoms. The Labute approximate surface area is 430 Å². The highest BCUT2D eigenvalue weighted by Gasteiger charge is 2.53. The van der Waals surface area contributed by atoms with Gasteiger partial charge in [-0.15, -0.1) is 0 Å². The van der Waals surface area contributed by atoms with Crippen LogP contribution in [0.3, 0.4) is 0 Å². The molecule has 0 radical (unpaired) electrons. The zero-order valence-corrected chi connectivity index (χ0v) is 43.9. The highest BCUT2D eigenvalue weighted by molar-refractivity contribution is 6.39. The number of fused-ring (bicyclic) bond motifs is 3. The van der Waals surface area contributed by atoms with E-state index >= 15 is 0 Å². The van der Waals surface area contributed by atoms with Crippen LogP contribution in [0, 0.1) is 40.9 Å². The van der Waals surface area contributed by atoms with E-state index in [1.807, 2.05) is 37.3 Å². The molecule has 2 saturated heterocycles. The summed E-state index contributed by atoms with van der Waals surface area (Å²) >= 11 is 0. The van der Waals surface area contributed by atoms with Gasteiger partial charge in [-0.2, -0.15) is 0 Å². The average molecular weight is 1020 g/mol. The number of nitrogens with zero attached hydrogens (tertiary/aromatic N) is 1. The molecule has 0 aromatic carbocycles. The number of Topliss-reactive ketones (excluding diaryl/α,β-unsaturated/α-hetero) is 3. The molecule has 2 bridgehead atoms. The molecule has 15 atom stereocenters. The molecule has 3 aliphatic heterocycles. The van der Waals surface area contributed by atoms with Crippen molar-refractivity contribution in [1.29, 1.82) is 0 Å². The Morgan fingerprint density at radius 3 is 2.25 bits per heavy atom. The van der Waals surface area contributed by atoms with E-state index < -0.39 is 133 Å². The Morgan fingerprint density at radius 1 is 0.903 bits per heavy atom. The number of amides is 1. The molecule has 4 aliphatic rings. The van der Waals surface area contributed by atoms with Crippen molar-refractivity contribution in [3.8, 4) is 0 Å². The van der Waals surface area contributed by atoms with Crippen LogP contribution in [-0.4, -0.2) is 156 Å². The maximum atomic E-state index is 14.6. The quantitative estimate of drug-likeness (QED) is 0.160. The van der Waals surface area contributed by atoms with Gasteiger partial charge in [0.1, 0.15) is 29.8 Å². The van der Waals surface area contributed by atoms with Crippen LogP contribution in [0.25, 0.3) is 0 Å². The Bertz CT molecular complexity index is 2070. The Kier molecular flexibility index (Phi) is 21.8. The van der Waals surface area contributed by atoms with Gasteiger partial charge in [-0.3, -0.25) is 24.0 Å². The highest BCUT2D eigenvalue weighted by atomic mass is 16.6. The molecule has 406 valence electrons. The molecule has 3 heterocycles. The maximum Gasteiger partial charge on any atom is 0.329 e. The van der Waals surface area contributed by atoms with Gasteiger partial charge in [0.2, 0.25) is 5.79 Å². The smallest absolute Gasteiger partial charge is 0.329 e. The van der Waals surface area contributed by atoms with Crippen molar-refractivity contribution in [2.45, 2.75) is 180 Å². The van der Waals surface area contributed by atoms with Crippen molar-refractivity contribution in [2.75, 3.05) is 41.0 Å². The van der Waals surface area contributed by atoms with Crippen LogP contribution in [0.5, 0.6) is 0 Å². The monoisotopic (exact) mass is 1020 g/mol. The fraction of sp³-hybridized carbons (Fsp3) is 0.745. The zero-order chi connectivity index (χ0) is 56.0. The number of hydrogen-bond acceptors (Lipinski definition) is 16. The number of aliphatic hydroxyl groups excluding tert-OH is 3. The molecule has 17 nitrogen and oxygen atoms in total. The predicted octanol–water partition coefficient (Wildman–Crippen LogP) is 5.33. The van der Waals surface area contributed by atoms with E-state index in [1.165, 1.54) is 27.2 Å². The Morgan fingerprint density at radius 2 is 1.60 bits per heavy atom. The molecule has 1 saturated carbocycles. The number of cyclic esters (lactones) is 1. The molecule has 0 aromatic heterocycles. The van der Waals surface area contributed by atoms with Gasteiger partial charge in [-0.05, 0) is 101 Å². The van der Waals surface area contributed by atoms with Crippen LogP contribution in [0.2, 0.25) is 0 Å². The van der Waals surface area contributed by atoms with Gasteiger partial charge >= 0.3 is 11.9 Å². The fourth-order valence-corrected chi connectivity index (χ4v) is 10.3. The van der Waals surface area contributed by atoms with Gasteiger partial charge in [-0.25, -0.2) is 4.79 Å². The molecular formula is C55H85NO16. The number of methoxy groups -OCH3 is 3. The lowest BCUT2D eigenvalue weighted by Gasteiger charge is -2.42. The van der Waals surface area contributed by atoms with Crippen molar-refractivity contribution in [3.05, 3.63) is 48.1 Å². The summed E-state index contributed by atoms with van der Waals surface area (Å²) < 4.78 is 58.3. The van der Waals surface area contributed by atoms with E-state index in [4.69, 9.17) is 32.5 Å². The van der Waals surface area contributed by atoms with E-state index in [0.717, 1.165) is 4.90 Å². The first-order valence-corrected chi connectivity index (χ1v) is 25.8. The largest absolute Gasteiger partial charge is 0.460 e. The number of rotatable bonds is 10. The second-order valence-electron chi connectivity index (χ2n) is 21.3. The molecule has 1 amide bonds. The summed E-state index contributed by atoms with van der Waals surface area (Å²) in [6, 6.07) is -1.27. The second-order valence-corrected chi connectivity index (χ2v) is 21.3. The number of ketones is 3. The maximum absolute atomic E-state index is 14.6. The van der Waals surface area contributed by atoms with Crippen molar-refractivity contribution in [3.63, 3.8) is 0 Å². The fourth-order valence-electron chi connectivity index (χ4n) is 10.3. The van der Waals surface area contributed by atoms with Crippen LogP contribution in [0.4, 0.5) is 0 Å². The van der Waals surface area contributed by atoms with Crippen LogP contribution in [0.1, 0.15) is 130 Å². The molecule has 4 rings (SSSR count). The molecule has 1 unspecified atom stereocenters. The second kappa shape index (κ2) is 28.1. The van der Waals surface area contributed by atoms with Crippen LogP contribution in [-0.2, 0) is 57.2 Å². The molecule has 72 heavy (non-hydrogen) atoms. The number of carbonyl (C=O) groups excluding carboxylic acids is 6. The van der Waals surface area contributed by atoms with Gasteiger partial charge in [0.05, 0.1) is 41.7 Å². The van der Waals surface area contributed by atoms with Crippen molar-refractivity contribution in [1.82, 2.24) is 4.90 Å². The van der Waals surface area contributed by atoms with E-state index in [1.54, 1.807) is 40.7 Å². The minimum absolute atomic E-state index is 0.00416. The highest BCUT2D eigenvalue weighted by Crippen LogP contribution is 2.38. The number of esters is 2. The lowest BCUT2D eigenvalue weighted by atomic mass is 9.78. The van der Waals surface area contributed by atoms with E-state index in [-0.39, 0.29) is 68.3 Å². The topological polar surface area (TPSA) is 242 Å². The van der Waals surface area contributed by atoms with Gasteiger partial charge in [-0.1, -0.05) is 77.2 Å². The third-order valence-corrected chi connectivity index (χ3v) is 15.4. The van der Waals surface area contributed by atoms with Crippen LogP contribution in [0.15, 0.2) is 48.1 Å². The lowest BCUT2D eigenvalue weighted by molar-refractivity contribution is -0.265. The summed E-state index contributed by atoms with van der Waals surface area (Å²) in [5.41, 5.74) is -1.45. The summed E-state index contributed by atoms with van der Waals surface area (Å²) in [7, 11) is -0.0220. The summed E-state index contributed by atoms with van der Waals surface area (Å²) in [4.78, 5) is 85.4. The zero-order valence-electron chi connectivity index (χ0n) is 46.9. The summed E-state index contributed by atoms with van der Waals surface area (Å²) in [5, 5.41) is 43.1. The summed E-state index contributed by atoms with van der Waals surface area (Å²) in [6.45, 7) is 10.2. The number of ether oxygens (including phenoxy) is 6. The third-order valence-electron chi connectivity index (χ3n) is 15.4. The Hall–Kier alpha value is -3.94. The van der Waals surface area contributed by atoms with E-state index in [9.17, 15) is 49.2 Å². The first kappa shape index (κ1) is 55.8. The van der Waals surface area contributed by atoms with Gasteiger partial charge in [0.15, 0.2) is 11.6 Å². The third kappa shape index (κ3) is 15.8. The SMILES string of the molecule is [2H]C([2H])([2H])O[C@@H]1C[C@H](C[C@@H](C)[C@@H]2CC(=O)C(C)=CC(C)[C@@H](O)[C@@H](OC)C(=O)[C@H](C)C[C@H](C)C=CC=CC=C[C@@H](OC)C[C@@H]3CC[C@@H](C)[C@@](O)(O3)C(=O)C(=O)N3CCCC[C@H]3C(=O)O2)CC[C@H]1OC(=O)C(C)(CO)CO. The summed E-state index contributed by atoms with van der Waals surface area (Å²) in [5.74, 6) is -10.4. The minimum atomic E-state index is -2.89. The number of aliphatic hydroxyl groups is 4. The van der Waals surface area contributed by atoms with Gasteiger partial charge in [0, 0.05) is 58.4 Å². The van der Waals surface area contributed by atoms with Crippen molar-refractivity contribution in [2.24, 2.45) is 40.9 Å². The number of allylic oxidation sites excluding steroid dienone is 6.